The predicted octanol–water partition coefficient (Wildman–Crippen LogP) is 0.974. The highest BCUT2D eigenvalue weighted by Gasteiger charge is 2.32. The van der Waals surface area contributed by atoms with Gasteiger partial charge in [0.05, 0.1) is 10.9 Å². The number of likely N-dealkylation sites (tertiary alicyclic amines) is 1. The summed E-state index contributed by atoms with van der Waals surface area (Å²) >= 11 is 0. The molecule has 32 heavy (non-hydrogen) atoms. The zero-order chi connectivity index (χ0) is 23.8. The summed E-state index contributed by atoms with van der Waals surface area (Å²) in [5.41, 5.74) is -1.29. The third-order valence-corrected chi connectivity index (χ3v) is 6.45. The molecule has 172 valence electrons. The van der Waals surface area contributed by atoms with Gasteiger partial charge in [-0.25, -0.2) is 17.8 Å². The highest BCUT2D eigenvalue weighted by atomic mass is 32.2. The maximum absolute atomic E-state index is 13.6. The van der Waals surface area contributed by atoms with Crippen LogP contribution in [-0.2, 0) is 21.2 Å². The Bertz CT molecular complexity index is 1240. The van der Waals surface area contributed by atoms with E-state index in [-0.39, 0.29) is 28.7 Å². The molecule has 1 aromatic heterocycles. The molecule has 0 radical (unpaired) electrons. The van der Waals surface area contributed by atoms with Crippen LogP contribution in [0.5, 0.6) is 5.75 Å². The third kappa shape index (κ3) is 4.64. The molecule has 2 heterocycles. The largest absolute Gasteiger partial charge is 0.501 e. The van der Waals surface area contributed by atoms with Gasteiger partial charge in [0, 0.05) is 33.3 Å². The number of nitrogens with one attached hydrogen (secondary N) is 1. The molecule has 1 saturated heterocycles. The van der Waals surface area contributed by atoms with Gasteiger partial charge in [-0.15, -0.1) is 0 Å². The molecule has 3 rings (SSSR count). The highest BCUT2D eigenvalue weighted by Crippen LogP contribution is 2.30. The number of sulfone groups is 1. The SMILES string of the molecule is CC(=O)N1CCCC1c1nc(C(=O)N(C)Cc2ccc(F)cc2S(C)(=O)=O)c(O)c(=O)[nH]1. The molecule has 1 aromatic carbocycles. The van der Waals surface area contributed by atoms with Crippen molar-refractivity contribution in [2.24, 2.45) is 0 Å². The maximum Gasteiger partial charge on any atom is 0.294 e. The van der Waals surface area contributed by atoms with E-state index in [2.05, 4.69) is 9.97 Å². The lowest BCUT2D eigenvalue weighted by atomic mass is 10.2. The van der Waals surface area contributed by atoms with Crippen molar-refractivity contribution in [3.63, 3.8) is 0 Å². The average molecular weight is 466 g/mol. The van der Waals surface area contributed by atoms with Gasteiger partial charge in [0.15, 0.2) is 15.5 Å². The lowest BCUT2D eigenvalue weighted by Gasteiger charge is -2.23. The summed E-state index contributed by atoms with van der Waals surface area (Å²) in [6.45, 7) is 1.62. The second-order valence-corrected chi connectivity index (χ2v) is 9.69. The molecule has 2 N–H and O–H groups in total. The van der Waals surface area contributed by atoms with Crippen molar-refractivity contribution in [2.45, 2.75) is 37.2 Å². The summed E-state index contributed by atoms with van der Waals surface area (Å²) in [4.78, 5) is 45.9. The van der Waals surface area contributed by atoms with Crippen molar-refractivity contribution < 1.29 is 27.5 Å². The van der Waals surface area contributed by atoms with E-state index in [1.807, 2.05) is 0 Å². The van der Waals surface area contributed by atoms with Crippen LogP contribution in [0.4, 0.5) is 4.39 Å². The predicted molar refractivity (Wildman–Crippen MR) is 111 cm³/mol. The van der Waals surface area contributed by atoms with E-state index >= 15 is 0 Å². The minimum Gasteiger partial charge on any atom is -0.501 e. The molecule has 1 fully saturated rings. The van der Waals surface area contributed by atoms with Crippen LogP contribution in [0.3, 0.4) is 0 Å². The zero-order valence-corrected chi connectivity index (χ0v) is 18.6. The summed E-state index contributed by atoms with van der Waals surface area (Å²) in [5.74, 6) is -2.60. The summed E-state index contributed by atoms with van der Waals surface area (Å²) in [6.07, 6.45) is 2.15. The van der Waals surface area contributed by atoms with Crippen molar-refractivity contribution in [2.75, 3.05) is 19.8 Å². The summed E-state index contributed by atoms with van der Waals surface area (Å²) < 4.78 is 37.6. The number of hydrogen-bond donors (Lipinski definition) is 2. The number of halogens is 1. The molecule has 0 saturated carbocycles. The van der Waals surface area contributed by atoms with Crippen molar-refractivity contribution in [3.8, 4) is 5.75 Å². The van der Waals surface area contributed by atoms with E-state index < -0.39 is 44.6 Å². The van der Waals surface area contributed by atoms with E-state index in [0.717, 1.165) is 23.3 Å². The minimum atomic E-state index is -3.77. The first-order valence-electron chi connectivity index (χ1n) is 9.74. The van der Waals surface area contributed by atoms with Crippen molar-refractivity contribution in [1.29, 1.82) is 0 Å². The van der Waals surface area contributed by atoms with Gasteiger partial charge >= 0.3 is 0 Å². The molecule has 1 atom stereocenters. The molecule has 1 aliphatic rings. The monoisotopic (exact) mass is 466 g/mol. The van der Waals surface area contributed by atoms with Crippen LogP contribution in [-0.4, -0.2) is 65.0 Å². The Kier molecular flexibility index (Phi) is 6.35. The van der Waals surface area contributed by atoms with Gasteiger partial charge in [-0.3, -0.25) is 14.4 Å². The van der Waals surface area contributed by atoms with Crippen LogP contribution in [0.15, 0.2) is 27.9 Å². The fraction of sp³-hybridized carbons (Fsp3) is 0.400. The number of hydrogen-bond acceptors (Lipinski definition) is 7. The quantitative estimate of drug-likeness (QED) is 0.669. The van der Waals surface area contributed by atoms with E-state index in [9.17, 15) is 32.3 Å². The van der Waals surface area contributed by atoms with Gasteiger partial charge in [-0.1, -0.05) is 6.07 Å². The van der Waals surface area contributed by atoms with Gasteiger partial charge in [-0.05, 0) is 30.5 Å². The standard InChI is InChI=1S/C20H23FN4O6S/c1-11(26)25-8-4-5-14(25)18-22-16(17(27)19(28)23-18)20(29)24(2)10-12-6-7-13(21)9-15(12)32(3,30)31/h6-7,9,14,27H,4-5,8,10H2,1-3H3,(H,22,23,28). The highest BCUT2D eigenvalue weighted by molar-refractivity contribution is 7.90. The van der Waals surface area contributed by atoms with Crippen molar-refractivity contribution >= 4 is 21.7 Å². The lowest BCUT2D eigenvalue weighted by molar-refractivity contribution is -0.129. The number of carbonyl (C=O) groups excluding carboxylic acids is 2. The smallest absolute Gasteiger partial charge is 0.294 e. The molecule has 2 aromatic rings. The van der Waals surface area contributed by atoms with Gasteiger partial charge < -0.3 is 19.9 Å². The number of H-pyrrole nitrogens is 1. The Morgan fingerprint density at radius 2 is 2.06 bits per heavy atom. The van der Waals surface area contributed by atoms with Gasteiger partial charge in [0.2, 0.25) is 11.7 Å². The number of aromatic amines is 1. The Balaban J connectivity index is 1.95. The Labute approximate surface area is 183 Å². The normalized spacial score (nSPS) is 16.2. The van der Waals surface area contributed by atoms with Gasteiger partial charge in [0.1, 0.15) is 11.6 Å². The molecule has 1 aliphatic heterocycles. The number of aromatic nitrogens is 2. The van der Waals surface area contributed by atoms with Gasteiger partial charge in [-0.2, -0.15) is 0 Å². The van der Waals surface area contributed by atoms with E-state index in [1.54, 1.807) is 0 Å². The van der Waals surface area contributed by atoms with Crippen molar-refractivity contribution in [1.82, 2.24) is 19.8 Å². The van der Waals surface area contributed by atoms with E-state index in [1.165, 1.54) is 24.9 Å². The molecule has 0 bridgehead atoms. The zero-order valence-electron chi connectivity index (χ0n) is 17.8. The van der Waals surface area contributed by atoms with Gasteiger partial charge in [0.25, 0.3) is 11.5 Å². The van der Waals surface area contributed by atoms with Crippen LogP contribution < -0.4 is 5.56 Å². The first-order chi connectivity index (χ1) is 14.9. The Hall–Kier alpha value is -3.28. The van der Waals surface area contributed by atoms with Crippen molar-refractivity contribution in [3.05, 3.63) is 51.5 Å². The second kappa shape index (κ2) is 8.69. The molecule has 12 heteroatoms. The van der Waals surface area contributed by atoms with Crippen LogP contribution in [0, 0.1) is 5.82 Å². The number of nitrogens with zero attached hydrogens (tertiary/aromatic N) is 3. The fourth-order valence-corrected chi connectivity index (χ4v) is 4.67. The summed E-state index contributed by atoms with van der Waals surface area (Å²) in [7, 11) is -2.44. The van der Waals surface area contributed by atoms with Crippen LogP contribution >= 0.6 is 0 Å². The molecule has 10 nitrogen and oxygen atoms in total. The molecular weight excluding hydrogens is 443 g/mol. The first-order valence-corrected chi connectivity index (χ1v) is 11.6. The van der Waals surface area contributed by atoms with Crippen LogP contribution in [0.25, 0.3) is 0 Å². The average Bonchev–Trinajstić information content (AvgIpc) is 3.20. The summed E-state index contributed by atoms with van der Waals surface area (Å²) in [5, 5.41) is 10.2. The molecule has 1 unspecified atom stereocenters. The first kappa shape index (κ1) is 23.4. The Morgan fingerprint density at radius 3 is 2.69 bits per heavy atom. The molecular formula is C20H23FN4O6S. The number of amides is 2. The summed E-state index contributed by atoms with van der Waals surface area (Å²) in [6, 6.07) is 2.64. The second-order valence-electron chi connectivity index (χ2n) is 7.70. The van der Waals surface area contributed by atoms with E-state index in [4.69, 9.17) is 0 Å². The number of aromatic hydroxyl groups is 1. The maximum atomic E-state index is 13.6. The Morgan fingerprint density at radius 1 is 1.38 bits per heavy atom. The minimum absolute atomic E-state index is 0.0795. The third-order valence-electron chi connectivity index (χ3n) is 5.27. The van der Waals surface area contributed by atoms with Crippen LogP contribution in [0.1, 0.15) is 47.7 Å². The molecule has 2 amide bonds. The lowest BCUT2D eigenvalue weighted by Crippen LogP contribution is -2.33. The number of benzene rings is 1. The number of rotatable bonds is 5. The molecule has 0 aliphatic carbocycles. The molecule has 0 spiro atoms. The topological polar surface area (TPSA) is 141 Å². The van der Waals surface area contributed by atoms with Crippen LogP contribution in [0.2, 0.25) is 0 Å². The van der Waals surface area contributed by atoms with E-state index in [0.29, 0.717) is 19.4 Å². The fourth-order valence-electron chi connectivity index (χ4n) is 3.73. The number of carbonyl (C=O) groups is 2.